The van der Waals surface area contributed by atoms with Gasteiger partial charge in [0.2, 0.25) is 0 Å². The van der Waals surface area contributed by atoms with E-state index in [4.69, 9.17) is 35.4 Å². The first-order valence-electron chi connectivity index (χ1n) is 5.82. The SMILES string of the molecule is CC(=O)O.O=C(O)c1ccccc1C(=O)O.OCC(O)CO. The van der Waals surface area contributed by atoms with Gasteiger partial charge >= 0.3 is 11.9 Å². The average molecular weight is 318 g/mol. The minimum Gasteiger partial charge on any atom is -0.481 e. The number of carboxylic acids is 3. The van der Waals surface area contributed by atoms with Gasteiger partial charge in [-0.15, -0.1) is 0 Å². The largest absolute Gasteiger partial charge is 0.481 e. The highest BCUT2D eigenvalue weighted by atomic mass is 16.4. The number of aliphatic hydroxyl groups excluding tert-OH is 3. The number of hydrogen-bond acceptors (Lipinski definition) is 6. The second kappa shape index (κ2) is 12.3. The normalized spacial score (nSPS) is 8.95. The number of aromatic carboxylic acids is 2. The van der Waals surface area contributed by atoms with Gasteiger partial charge in [-0.25, -0.2) is 9.59 Å². The molecule has 6 N–H and O–H groups in total. The first-order chi connectivity index (χ1) is 10.2. The summed E-state index contributed by atoms with van der Waals surface area (Å²) in [6, 6.07) is 5.48. The summed E-state index contributed by atoms with van der Waals surface area (Å²) in [6.07, 6.45) is -0.954. The third-order valence-electron chi connectivity index (χ3n) is 1.81. The molecule has 1 rings (SSSR count). The minimum atomic E-state index is -1.23. The van der Waals surface area contributed by atoms with Crippen LogP contribution in [0.1, 0.15) is 27.6 Å². The van der Waals surface area contributed by atoms with Gasteiger partial charge < -0.3 is 30.6 Å². The zero-order valence-electron chi connectivity index (χ0n) is 11.7. The Kier molecular flexibility index (Phi) is 12.2. The Morgan fingerprint density at radius 2 is 1.18 bits per heavy atom. The van der Waals surface area contributed by atoms with Crippen LogP contribution >= 0.6 is 0 Å². The van der Waals surface area contributed by atoms with Crippen molar-refractivity contribution in [2.24, 2.45) is 0 Å². The average Bonchev–Trinajstić information content (AvgIpc) is 2.46. The van der Waals surface area contributed by atoms with Crippen molar-refractivity contribution in [3.63, 3.8) is 0 Å². The fourth-order valence-electron chi connectivity index (χ4n) is 0.914. The van der Waals surface area contributed by atoms with E-state index in [9.17, 15) is 9.59 Å². The van der Waals surface area contributed by atoms with Crippen molar-refractivity contribution >= 4 is 17.9 Å². The molecule has 0 saturated carbocycles. The van der Waals surface area contributed by atoms with Crippen molar-refractivity contribution < 1.29 is 45.0 Å². The van der Waals surface area contributed by atoms with E-state index in [1.54, 1.807) is 0 Å². The fourth-order valence-corrected chi connectivity index (χ4v) is 0.914. The molecule has 0 fully saturated rings. The van der Waals surface area contributed by atoms with Crippen molar-refractivity contribution in [1.82, 2.24) is 0 Å². The van der Waals surface area contributed by atoms with Crippen molar-refractivity contribution in [3.8, 4) is 0 Å². The Morgan fingerprint density at radius 1 is 0.909 bits per heavy atom. The van der Waals surface area contributed by atoms with Crippen LogP contribution in [0.3, 0.4) is 0 Å². The molecule has 22 heavy (non-hydrogen) atoms. The predicted molar refractivity (Wildman–Crippen MR) is 73.8 cm³/mol. The van der Waals surface area contributed by atoms with Gasteiger partial charge in [0.15, 0.2) is 0 Å². The lowest BCUT2D eigenvalue weighted by Crippen LogP contribution is -2.15. The monoisotopic (exact) mass is 318 g/mol. The van der Waals surface area contributed by atoms with E-state index in [2.05, 4.69) is 0 Å². The second-order valence-corrected chi connectivity index (χ2v) is 3.69. The van der Waals surface area contributed by atoms with E-state index in [0.29, 0.717) is 0 Å². The highest BCUT2D eigenvalue weighted by Gasteiger charge is 2.13. The van der Waals surface area contributed by atoms with Crippen molar-refractivity contribution in [3.05, 3.63) is 35.4 Å². The molecule has 9 heteroatoms. The Bertz CT molecular complexity index is 443. The van der Waals surface area contributed by atoms with Crippen LogP contribution in [0.5, 0.6) is 0 Å². The molecule has 9 nitrogen and oxygen atoms in total. The molecule has 0 unspecified atom stereocenters. The molecule has 0 radical (unpaired) electrons. The summed E-state index contributed by atoms with van der Waals surface area (Å²) in [5, 5.41) is 48.5. The van der Waals surface area contributed by atoms with E-state index < -0.39 is 24.0 Å². The smallest absolute Gasteiger partial charge is 0.336 e. The molecule has 0 atom stereocenters. The van der Waals surface area contributed by atoms with Gasteiger partial charge in [0.1, 0.15) is 6.10 Å². The Morgan fingerprint density at radius 3 is 1.32 bits per heavy atom. The summed E-state index contributed by atoms with van der Waals surface area (Å²) in [7, 11) is 0. The van der Waals surface area contributed by atoms with Gasteiger partial charge in [-0.1, -0.05) is 12.1 Å². The quantitative estimate of drug-likeness (QED) is 0.428. The maximum atomic E-state index is 10.5. The number of benzene rings is 1. The Hall–Kier alpha value is -2.49. The standard InChI is InChI=1S/C8H6O4.C3H8O3.C2H4O2/c9-7(10)5-3-1-2-4-6(5)8(11)12;4-1-3(6)2-5;1-2(3)4/h1-4H,(H,9,10)(H,11,12);3-6H,1-2H2;1H3,(H,3,4). The molecule has 0 aliphatic heterocycles. The summed E-state index contributed by atoms with van der Waals surface area (Å²) in [4.78, 5) is 29.9. The third kappa shape index (κ3) is 11.3. The molecule has 0 aliphatic rings. The van der Waals surface area contributed by atoms with Crippen LogP contribution in [-0.2, 0) is 4.79 Å². The minimum absolute atomic E-state index is 0.190. The molecule has 0 saturated heterocycles. The van der Waals surface area contributed by atoms with Crippen LogP contribution < -0.4 is 0 Å². The summed E-state index contributed by atoms with van der Waals surface area (Å²) in [6.45, 7) is 0.354. The van der Waals surface area contributed by atoms with Crippen molar-refractivity contribution in [2.75, 3.05) is 13.2 Å². The third-order valence-corrected chi connectivity index (χ3v) is 1.81. The molecule has 0 amide bonds. The molecule has 0 bridgehead atoms. The topological polar surface area (TPSA) is 173 Å². The van der Waals surface area contributed by atoms with Crippen molar-refractivity contribution in [1.29, 1.82) is 0 Å². The fraction of sp³-hybridized carbons (Fsp3) is 0.308. The molecular weight excluding hydrogens is 300 g/mol. The summed E-state index contributed by atoms with van der Waals surface area (Å²) in [5.41, 5.74) is -0.380. The Labute approximate surface area is 125 Å². The Balaban J connectivity index is 0. The van der Waals surface area contributed by atoms with Gasteiger partial charge in [0.25, 0.3) is 5.97 Å². The van der Waals surface area contributed by atoms with Crippen LogP contribution in [0.15, 0.2) is 24.3 Å². The summed E-state index contributed by atoms with van der Waals surface area (Å²) < 4.78 is 0. The number of aliphatic hydroxyl groups is 3. The highest BCUT2D eigenvalue weighted by molar-refractivity contribution is 6.01. The predicted octanol–water partition coefficient (Wildman–Crippen LogP) is -0.494. The summed E-state index contributed by atoms with van der Waals surface area (Å²) in [5.74, 6) is -3.29. The molecule has 0 aliphatic carbocycles. The van der Waals surface area contributed by atoms with Gasteiger partial charge in [-0.05, 0) is 12.1 Å². The van der Waals surface area contributed by atoms with E-state index in [1.165, 1.54) is 24.3 Å². The van der Waals surface area contributed by atoms with Crippen molar-refractivity contribution in [2.45, 2.75) is 13.0 Å². The highest BCUT2D eigenvalue weighted by Crippen LogP contribution is 2.07. The lowest BCUT2D eigenvalue weighted by atomic mass is 10.1. The number of hydrogen-bond donors (Lipinski definition) is 6. The number of carboxylic acid groups (broad SMARTS) is 3. The van der Waals surface area contributed by atoms with E-state index in [1.807, 2.05) is 0 Å². The molecule has 1 aromatic rings. The molecule has 0 aromatic heterocycles. The van der Waals surface area contributed by atoms with Gasteiger partial charge in [0.05, 0.1) is 24.3 Å². The molecule has 0 spiro atoms. The summed E-state index contributed by atoms with van der Waals surface area (Å²) >= 11 is 0. The second-order valence-electron chi connectivity index (χ2n) is 3.69. The number of carbonyl (C=O) groups is 3. The van der Waals surface area contributed by atoms with E-state index >= 15 is 0 Å². The van der Waals surface area contributed by atoms with Gasteiger partial charge in [-0.3, -0.25) is 4.79 Å². The molecule has 1 aromatic carbocycles. The first-order valence-corrected chi connectivity index (χ1v) is 5.82. The van der Waals surface area contributed by atoms with Gasteiger partial charge in [0, 0.05) is 6.92 Å². The zero-order valence-corrected chi connectivity index (χ0v) is 11.7. The van der Waals surface area contributed by atoms with Gasteiger partial charge in [-0.2, -0.15) is 0 Å². The van der Waals surface area contributed by atoms with E-state index in [0.717, 1.165) is 6.92 Å². The van der Waals surface area contributed by atoms with Crippen LogP contribution in [0.2, 0.25) is 0 Å². The van der Waals surface area contributed by atoms with Crippen LogP contribution in [0.4, 0.5) is 0 Å². The molecule has 124 valence electrons. The lowest BCUT2D eigenvalue weighted by molar-refractivity contribution is -0.134. The molecule has 0 heterocycles. The van der Waals surface area contributed by atoms with Crippen LogP contribution in [-0.4, -0.2) is 67.9 Å². The first kappa shape index (κ1) is 21.8. The maximum Gasteiger partial charge on any atom is 0.336 e. The van der Waals surface area contributed by atoms with E-state index in [-0.39, 0.29) is 24.3 Å². The van der Waals surface area contributed by atoms with Crippen LogP contribution in [0, 0.1) is 0 Å². The lowest BCUT2D eigenvalue weighted by Gasteiger charge is -1.98. The van der Waals surface area contributed by atoms with Crippen LogP contribution in [0.25, 0.3) is 0 Å². The maximum absolute atomic E-state index is 10.5. The number of rotatable bonds is 4. The zero-order chi connectivity index (χ0) is 17.7. The molecular formula is C13H18O9. The number of aliphatic carboxylic acids is 1.